The molecular weight excluding hydrogens is 316 g/mol. The zero-order valence-corrected chi connectivity index (χ0v) is 13.8. The highest BCUT2D eigenvalue weighted by Crippen LogP contribution is 2.20. The number of anilines is 2. The highest BCUT2D eigenvalue weighted by molar-refractivity contribution is 5.55. The van der Waals surface area contributed by atoms with Gasteiger partial charge in [-0.15, -0.1) is 10.2 Å². The highest BCUT2D eigenvalue weighted by Gasteiger charge is 2.12. The zero-order valence-electron chi connectivity index (χ0n) is 13.8. The van der Waals surface area contributed by atoms with E-state index < -0.39 is 0 Å². The van der Waals surface area contributed by atoms with Crippen LogP contribution < -0.4 is 5.32 Å². The summed E-state index contributed by atoms with van der Waals surface area (Å²) in [6, 6.07) is 16.1. The van der Waals surface area contributed by atoms with Crippen molar-refractivity contribution in [3.63, 3.8) is 0 Å². The second-order valence-electron chi connectivity index (χ2n) is 5.77. The second kappa shape index (κ2) is 6.20. The van der Waals surface area contributed by atoms with E-state index in [2.05, 4.69) is 25.7 Å². The minimum atomic E-state index is 0.215. The SMILES string of the molecule is Cc1ccc(Nc2cnn(-c3nnc(-c4ccc(C)cc4)o3)n2)cc1. The van der Waals surface area contributed by atoms with Gasteiger partial charge in [-0.1, -0.05) is 45.3 Å². The Hall–Kier alpha value is -3.48. The van der Waals surface area contributed by atoms with Crippen LogP contribution >= 0.6 is 0 Å². The predicted molar refractivity (Wildman–Crippen MR) is 93.8 cm³/mol. The smallest absolute Gasteiger partial charge is 0.361 e. The maximum Gasteiger partial charge on any atom is 0.361 e. The van der Waals surface area contributed by atoms with Gasteiger partial charge in [-0.2, -0.15) is 5.10 Å². The van der Waals surface area contributed by atoms with Gasteiger partial charge in [0.1, 0.15) is 0 Å². The standard InChI is InChI=1S/C18H16N6O/c1-12-3-7-14(8-4-12)17-21-22-18(25-17)24-19-11-16(23-24)20-15-9-5-13(2)6-10-15/h3-11H,1-2H3,(H,20,23). The predicted octanol–water partition coefficient (Wildman–Crippen LogP) is 3.68. The van der Waals surface area contributed by atoms with Crippen molar-refractivity contribution in [2.45, 2.75) is 13.8 Å². The molecule has 0 unspecified atom stereocenters. The van der Waals surface area contributed by atoms with Gasteiger partial charge in [0.15, 0.2) is 5.82 Å². The molecule has 7 heteroatoms. The molecule has 0 aliphatic carbocycles. The molecule has 124 valence electrons. The molecule has 4 rings (SSSR count). The first-order chi connectivity index (χ1) is 12.2. The number of nitrogens with one attached hydrogen (secondary N) is 1. The third-order valence-corrected chi connectivity index (χ3v) is 3.70. The summed E-state index contributed by atoms with van der Waals surface area (Å²) >= 11 is 0. The van der Waals surface area contributed by atoms with Crippen molar-refractivity contribution in [1.82, 2.24) is 25.2 Å². The number of hydrogen-bond donors (Lipinski definition) is 1. The topological polar surface area (TPSA) is 81.7 Å². The summed E-state index contributed by atoms with van der Waals surface area (Å²) in [4.78, 5) is 1.31. The van der Waals surface area contributed by atoms with Gasteiger partial charge in [0.25, 0.3) is 0 Å². The van der Waals surface area contributed by atoms with Gasteiger partial charge < -0.3 is 9.73 Å². The molecule has 0 radical (unpaired) electrons. The molecule has 0 atom stereocenters. The first-order valence-electron chi connectivity index (χ1n) is 7.84. The number of aromatic nitrogens is 5. The molecule has 0 aliphatic heterocycles. The Morgan fingerprint density at radius 1 is 0.880 bits per heavy atom. The Balaban J connectivity index is 1.54. The van der Waals surface area contributed by atoms with Crippen LogP contribution in [0.15, 0.2) is 59.1 Å². The molecule has 2 heterocycles. The van der Waals surface area contributed by atoms with Crippen LogP contribution in [0, 0.1) is 13.8 Å². The monoisotopic (exact) mass is 332 g/mol. The van der Waals surface area contributed by atoms with E-state index in [0.717, 1.165) is 11.3 Å². The van der Waals surface area contributed by atoms with Gasteiger partial charge in [0.2, 0.25) is 5.89 Å². The van der Waals surface area contributed by atoms with Crippen molar-refractivity contribution in [2.24, 2.45) is 0 Å². The van der Waals surface area contributed by atoms with Crippen LogP contribution in [0.2, 0.25) is 0 Å². The quantitative estimate of drug-likeness (QED) is 0.614. The summed E-state index contributed by atoms with van der Waals surface area (Å²) in [5.74, 6) is 1.03. The van der Waals surface area contributed by atoms with Crippen LogP contribution in [0.4, 0.5) is 11.5 Å². The Kier molecular flexibility index (Phi) is 3.74. The molecule has 0 bridgehead atoms. The fourth-order valence-corrected chi connectivity index (χ4v) is 2.31. The minimum Gasteiger partial charge on any atom is -0.401 e. The molecule has 0 spiro atoms. The molecule has 0 aliphatic rings. The summed E-state index contributed by atoms with van der Waals surface area (Å²) in [5.41, 5.74) is 4.16. The van der Waals surface area contributed by atoms with Crippen molar-refractivity contribution >= 4 is 11.5 Å². The van der Waals surface area contributed by atoms with Crippen molar-refractivity contribution in [3.8, 4) is 17.5 Å². The lowest BCUT2D eigenvalue weighted by Gasteiger charge is -2.01. The van der Waals surface area contributed by atoms with Crippen LogP contribution in [0.3, 0.4) is 0 Å². The highest BCUT2D eigenvalue weighted by atomic mass is 16.4. The molecule has 25 heavy (non-hydrogen) atoms. The van der Waals surface area contributed by atoms with Gasteiger partial charge in [-0.25, -0.2) is 0 Å². The van der Waals surface area contributed by atoms with Crippen LogP contribution in [0.1, 0.15) is 11.1 Å². The fraction of sp³-hybridized carbons (Fsp3) is 0.111. The molecule has 1 N–H and O–H groups in total. The summed E-state index contributed by atoms with van der Waals surface area (Å²) in [6.07, 6.45) is 1.61. The van der Waals surface area contributed by atoms with E-state index >= 15 is 0 Å². The number of aryl methyl sites for hydroxylation is 2. The summed E-state index contributed by atoms with van der Waals surface area (Å²) in [6.45, 7) is 4.07. The van der Waals surface area contributed by atoms with Gasteiger partial charge in [-0.05, 0) is 38.1 Å². The molecule has 0 saturated heterocycles. The van der Waals surface area contributed by atoms with Gasteiger partial charge in [0, 0.05) is 11.3 Å². The van der Waals surface area contributed by atoms with Gasteiger partial charge >= 0.3 is 6.01 Å². The molecule has 0 saturated carbocycles. The van der Waals surface area contributed by atoms with E-state index in [9.17, 15) is 0 Å². The van der Waals surface area contributed by atoms with Crippen LogP contribution in [-0.2, 0) is 0 Å². The molecule has 7 nitrogen and oxygen atoms in total. The Bertz CT molecular complexity index is 985. The fourth-order valence-electron chi connectivity index (χ4n) is 2.31. The molecule has 0 fully saturated rings. The molecule has 4 aromatic rings. The normalized spacial score (nSPS) is 10.8. The van der Waals surface area contributed by atoms with Crippen molar-refractivity contribution in [3.05, 3.63) is 65.9 Å². The second-order valence-corrected chi connectivity index (χ2v) is 5.77. The third kappa shape index (κ3) is 3.25. The van der Waals surface area contributed by atoms with E-state index in [1.54, 1.807) is 6.20 Å². The van der Waals surface area contributed by atoms with Crippen molar-refractivity contribution < 1.29 is 4.42 Å². The summed E-state index contributed by atoms with van der Waals surface area (Å²) in [5, 5.41) is 19.7. The molecule has 2 aromatic carbocycles. The largest absolute Gasteiger partial charge is 0.401 e. The molecular formula is C18H16N6O. The van der Waals surface area contributed by atoms with Crippen LogP contribution in [-0.4, -0.2) is 25.2 Å². The van der Waals surface area contributed by atoms with Crippen molar-refractivity contribution in [1.29, 1.82) is 0 Å². The van der Waals surface area contributed by atoms with E-state index in [1.807, 2.05) is 62.4 Å². The van der Waals surface area contributed by atoms with Gasteiger partial charge in [-0.3, -0.25) is 0 Å². The number of hydrogen-bond acceptors (Lipinski definition) is 6. The lowest BCUT2D eigenvalue weighted by molar-refractivity contribution is 0.496. The average Bonchev–Trinajstić information content (AvgIpc) is 3.27. The first kappa shape index (κ1) is 15.1. The summed E-state index contributed by atoms with van der Waals surface area (Å²) in [7, 11) is 0. The maximum atomic E-state index is 5.66. The van der Waals surface area contributed by atoms with Gasteiger partial charge in [0.05, 0.1) is 6.20 Å². The average molecular weight is 332 g/mol. The van der Waals surface area contributed by atoms with Crippen LogP contribution in [0.25, 0.3) is 17.5 Å². The Morgan fingerprint density at radius 3 is 2.28 bits per heavy atom. The van der Waals surface area contributed by atoms with Crippen molar-refractivity contribution in [2.75, 3.05) is 5.32 Å². The van der Waals surface area contributed by atoms with Crippen LogP contribution in [0.5, 0.6) is 0 Å². The Labute approximate surface area is 144 Å². The lowest BCUT2D eigenvalue weighted by atomic mass is 10.1. The maximum absolute atomic E-state index is 5.66. The lowest BCUT2D eigenvalue weighted by Crippen LogP contribution is -2.00. The number of benzene rings is 2. The minimum absolute atomic E-state index is 0.215. The molecule has 0 amide bonds. The van der Waals surface area contributed by atoms with E-state index in [-0.39, 0.29) is 6.01 Å². The third-order valence-electron chi connectivity index (χ3n) is 3.70. The number of rotatable bonds is 4. The summed E-state index contributed by atoms with van der Waals surface area (Å²) < 4.78 is 5.66. The van der Waals surface area contributed by atoms with E-state index in [1.165, 1.54) is 15.9 Å². The number of nitrogens with zero attached hydrogens (tertiary/aromatic N) is 5. The van der Waals surface area contributed by atoms with E-state index in [0.29, 0.717) is 11.7 Å². The van der Waals surface area contributed by atoms with E-state index in [4.69, 9.17) is 4.42 Å². The first-order valence-corrected chi connectivity index (χ1v) is 7.84. The molecule has 2 aromatic heterocycles. The zero-order chi connectivity index (χ0) is 17.2. The Morgan fingerprint density at radius 2 is 1.56 bits per heavy atom.